The fourth-order valence-corrected chi connectivity index (χ4v) is 2.98. The van der Waals surface area contributed by atoms with Gasteiger partial charge in [-0.2, -0.15) is 0 Å². The van der Waals surface area contributed by atoms with Crippen molar-refractivity contribution in [3.05, 3.63) is 0 Å². The Kier molecular flexibility index (Phi) is 9.40. The van der Waals surface area contributed by atoms with Crippen molar-refractivity contribution < 1.29 is 5.11 Å². The molecule has 2 nitrogen and oxygen atoms in total. The minimum Gasteiger partial charge on any atom is -0.396 e. The van der Waals surface area contributed by atoms with Crippen LogP contribution in [0.15, 0.2) is 0 Å². The summed E-state index contributed by atoms with van der Waals surface area (Å²) in [6, 6.07) is 0. The molecule has 1 atom stereocenters. The van der Waals surface area contributed by atoms with E-state index in [1.165, 1.54) is 64.5 Å². The van der Waals surface area contributed by atoms with Crippen molar-refractivity contribution in [2.24, 2.45) is 5.92 Å². The van der Waals surface area contributed by atoms with E-state index in [0.29, 0.717) is 12.5 Å². The standard InChI is InChI=1S/C14H28BrNO/c15-9-6-4-2-1-3-5-7-10-16-11-8-14(12-16)13-17/h14,17H,1-13H2. The molecular weight excluding hydrogens is 278 g/mol. The van der Waals surface area contributed by atoms with E-state index >= 15 is 0 Å². The van der Waals surface area contributed by atoms with Crippen LogP contribution in [0.1, 0.15) is 51.4 Å². The molecule has 0 amide bonds. The first-order chi connectivity index (χ1) is 8.36. The second-order valence-corrected chi connectivity index (χ2v) is 6.09. The Morgan fingerprint density at radius 2 is 1.65 bits per heavy atom. The molecule has 1 N–H and O–H groups in total. The Morgan fingerprint density at radius 3 is 2.24 bits per heavy atom. The lowest BCUT2D eigenvalue weighted by Gasteiger charge is -2.15. The maximum Gasteiger partial charge on any atom is 0.0471 e. The number of nitrogens with zero attached hydrogens (tertiary/aromatic N) is 1. The highest BCUT2D eigenvalue weighted by molar-refractivity contribution is 9.09. The summed E-state index contributed by atoms with van der Waals surface area (Å²) in [7, 11) is 0. The summed E-state index contributed by atoms with van der Waals surface area (Å²) >= 11 is 3.47. The monoisotopic (exact) mass is 305 g/mol. The molecule has 1 aliphatic rings. The molecule has 102 valence electrons. The van der Waals surface area contributed by atoms with Crippen molar-refractivity contribution in [1.29, 1.82) is 0 Å². The highest BCUT2D eigenvalue weighted by atomic mass is 79.9. The molecule has 0 aromatic heterocycles. The number of aliphatic hydroxyl groups excluding tert-OH is 1. The van der Waals surface area contributed by atoms with Crippen LogP contribution in [-0.2, 0) is 0 Å². The average Bonchev–Trinajstić information content (AvgIpc) is 2.80. The van der Waals surface area contributed by atoms with Crippen molar-refractivity contribution in [1.82, 2.24) is 4.90 Å². The molecule has 1 saturated heterocycles. The van der Waals surface area contributed by atoms with Gasteiger partial charge >= 0.3 is 0 Å². The minimum absolute atomic E-state index is 0.379. The molecule has 0 aromatic carbocycles. The lowest BCUT2D eigenvalue weighted by Crippen LogP contribution is -2.22. The fourth-order valence-electron chi connectivity index (χ4n) is 2.58. The van der Waals surface area contributed by atoms with Crippen LogP contribution in [0.4, 0.5) is 0 Å². The van der Waals surface area contributed by atoms with Gasteiger partial charge in [0.15, 0.2) is 0 Å². The van der Waals surface area contributed by atoms with E-state index in [-0.39, 0.29) is 0 Å². The summed E-state index contributed by atoms with van der Waals surface area (Å²) < 4.78 is 0. The van der Waals surface area contributed by atoms with Gasteiger partial charge in [0.2, 0.25) is 0 Å². The van der Waals surface area contributed by atoms with Gasteiger partial charge in [-0.1, -0.05) is 48.0 Å². The zero-order chi connectivity index (χ0) is 12.3. The maximum atomic E-state index is 9.07. The SMILES string of the molecule is OCC1CCN(CCCCCCCCCBr)C1. The summed E-state index contributed by atoms with van der Waals surface area (Å²) in [6.45, 7) is 3.96. The Bertz CT molecular complexity index is 178. The van der Waals surface area contributed by atoms with E-state index in [2.05, 4.69) is 20.8 Å². The Hall–Kier alpha value is 0.400. The maximum absolute atomic E-state index is 9.07. The number of likely N-dealkylation sites (tertiary alicyclic amines) is 1. The first kappa shape index (κ1) is 15.5. The van der Waals surface area contributed by atoms with Crippen molar-refractivity contribution in [3.8, 4) is 0 Å². The lowest BCUT2D eigenvalue weighted by molar-refractivity contribution is 0.221. The van der Waals surface area contributed by atoms with Gasteiger partial charge in [-0.15, -0.1) is 0 Å². The topological polar surface area (TPSA) is 23.5 Å². The zero-order valence-corrected chi connectivity index (χ0v) is 12.6. The Morgan fingerprint density at radius 1 is 1.00 bits per heavy atom. The van der Waals surface area contributed by atoms with Crippen LogP contribution in [-0.4, -0.2) is 41.6 Å². The van der Waals surface area contributed by atoms with Crippen molar-refractivity contribution in [3.63, 3.8) is 0 Å². The van der Waals surface area contributed by atoms with Gasteiger partial charge < -0.3 is 10.0 Å². The fraction of sp³-hybridized carbons (Fsp3) is 1.00. The smallest absolute Gasteiger partial charge is 0.0471 e. The first-order valence-electron chi connectivity index (χ1n) is 7.26. The number of alkyl halides is 1. The zero-order valence-electron chi connectivity index (χ0n) is 11.0. The van der Waals surface area contributed by atoms with Gasteiger partial charge in [-0.3, -0.25) is 0 Å². The number of aliphatic hydroxyl groups is 1. The van der Waals surface area contributed by atoms with Crippen molar-refractivity contribution >= 4 is 15.9 Å². The van der Waals surface area contributed by atoms with E-state index < -0.39 is 0 Å². The Balaban J connectivity index is 1.81. The van der Waals surface area contributed by atoms with Crippen LogP contribution < -0.4 is 0 Å². The third-order valence-electron chi connectivity index (χ3n) is 3.74. The molecule has 1 rings (SSSR count). The van der Waals surface area contributed by atoms with Crippen LogP contribution in [0, 0.1) is 5.92 Å². The van der Waals surface area contributed by atoms with E-state index in [0.717, 1.165) is 11.9 Å². The lowest BCUT2D eigenvalue weighted by atomic mass is 10.1. The Labute approximate surface area is 115 Å². The summed E-state index contributed by atoms with van der Waals surface area (Å²) in [5.74, 6) is 0.555. The third kappa shape index (κ3) is 7.43. The number of hydrogen-bond acceptors (Lipinski definition) is 2. The predicted molar refractivity (Wildman–Crippen MR) is 77.7 cm³/mol. The number of unbranched alkanes of at least 4 members (excludes halogenated alkanes) is 6. The largest absolute Gasteiger partial charge is 0.396 e. The van der Waals surface area contributed by atoms with E-state index in [9.17, 15) is 0 Å². The van der Waals surface area contributed by atoms with Gasteiger partial charge in [0.05, 0.1) is 0 Å². The highest BCUT2D eigenvalue weighted by Gasteiger charge is 2.20. The molecule has 0 saturated carbocycles. The van der Waals surface area contributed by atoms with Gasteiger partial charge in [-0.05, 0) is 38.3 Å². The molecule has 0 radical (unpaired) electrons. The van der Waals surface area contributed by atoms with Crippen LogP contribution in [0.25, 0.3) is 0 Å². The van der Waals surface area contributed by atoms with Crippen LogP contribution >= 0.6 is 15.9 Å². The molecule has 0 aromatic rings. The summed E-state index contributed by atoms with van der Waals surface area (Å²) in [5, 5.41) is 10.2. The number of halogens is 1. The summed E-state index contributed by atoms with van der Waals surface area (Å²) in [4.78, 5) is 2.52. The number of rotatable bonds is 10. The number of hydrogen-bond donors (Lipinski definition) is 1. The molecule has 1 unspecified atom stereocenters. The molecule has 1 heterocycles. The van der Waals surface area contributed by atoms with Crippen LogP contribution in [0.2, 0.25) is 0 Å². The van der Waals surface area contributed by atoms with Gasteiger partial charge in [0, 0.05) is 18.5 Å². The van der Waals surface area contributed by atoms with Crippen molar-refractivity contribution in [2.45, 2.75) is 51.4 Å². The quantitative estimate of drug-likeness (QED) is 0.494. The molecule has 0 bridgehead atoms. The van der Waals surface area contributed by atoms with Gasteiger partial charge in [-0.25, -0.2) is 0 Å². The molecule has 0 aliphatic carbocycles. The molecule has 3 heteroatoms. The van der Waals surface area contributed by atoms with Crippen molar-refractivity contribution in [2.75, 3.05) is 31.6 Å². The normalized spacial score (nSPS) is 21.2. The van der Waals surface area contributed by atoms with E-state index in [4.69, 9.17) is 5.11 Å². The van der Waals surface area contributed by atoms with Gasteiger partial charge in [0.1, 0.15) is 0 Å². The summed E-state index contributed by atoms with van der Waals surface area (Å²) in [6.07, 6.45) is 10.9. The van der Waals surface area contributed by atoms with Gasteiger partial charge in [0.25, 0.3) is 0 Å². The highest BCUT2D eigenvalue weighted by Crippen LogP contribution is 2.16. The molecule has 0 spiro atoms. The molecule has 1 aliphatic heterocycles. The van der Waals surface area contributed by atoms with E-state index in [1.807, 2.05) is 0 Å². The summed E-state index contributed by atoms with van der Waals surface area (Å²) in [5.41, 5.74) is 0. The predicted octanol–water partition coefficient (Wildman–Crippen LogP) is 3.43. The molecule has 1 fully saturated rings. The van der Waals surface area contributed by atoms with Crippen LogP contribution in [0.5, 0.6) is 0 Å². The third-order valence-corrected chi connectivity index (χ3v) is 4.30. The van der Waals surface area contributed by atoms with E-state index in [1.54, 1.807) is 0 Å². The second-order valence-electron chi connectivity index (χ2n) is 5.30. The minimum atomic E-state index is 0.379. The first-order valence-corrected chi connectivity index (χ1v) is 8.38. The van der Waals surface area contributed by atoms with Crippen LogP contribution in [0.3, 0.4) is 0 Å². The average molecular weight is 306 g/mol. The molecular formula is C14H28BrNO. The second kappa shape index (κ2) is 10.3. The molecule has 17 heavy (non-hydrogen) atoms.